The van der Waals surface area contributed by atoms with E-state index in [-0.39, 0.29) is 72.0 Å². The van der Waals surface area contributed by atoms with Gasteiger partial charge in [-0.3, -0.25) is 0 Å². The molecule has 0 aliphatic heterocycles. The second kappa shape index (κ2) is 11.6. The van der Waals surface area contributed by atoms with Crippen LogP contribution in [0.4, 0.5) is 4.79 Å². The fraction of sp³-hybridized carbons (Fsp3) is 0.211. The Morgan fingerprint density at radius 2 is 1.52 bits per heavy atom. The number of benzene rings is 2. The van der Waals surface area contributed by atoms with Crippen molar-refractivity contribution >= 4 is 12.0 Å². The number of carbonyl (C=O) groups excluding carboxylic acids is 1. The van der Waals surface area contributed by atoms with Crippen molar-refractivity contribution in [2.45, 2.75) is 12.5 Å². The molecule has 6 heteroatoms. The number of carboxylic acid groups (broad SMARTS) is 1. The first kappa shape index (κ1) is 24.0. The van der Waals surface area contributed by atoms with Gasteiger partial charge in [0.15, 0.2) is 0 Å². The monoisotopic (exact) mass is 412 g/mol. The van der Waals surface area contributed by atoms with Crippen LogP contribution in [-0.4, -0.2) is 42.1 Å². The van der Waals surface area contributed by atoms with Crippen molar-refractivity contribution in [3.8, 4) is 11.1 Å². The maximum atomic E-state index is 11.6. The summed E-state index contributed by atoms with van der Waals surface area (Å²) in [4.78, 5) is 24.3. The third-order valence-corrected chi connectivity index (χ3v) is 3.50. The van der Waals surface area contributed by atoms with Gasteiger partial charge in [-0.15, -0.1) is 0 Å². The second-order valence-corrected chi connectivity index (χ2v) is 5.50. The van der Waals surface area contributed by atoms with E-state index in [9.17, 15) is 14.7 Å². The minimum atomic E-state index is -1.05. The molecule has 2 N–H and O–H groups in total. The number of urea groups is 1. The van der Waals surface area contributed by atoms with Gasteiger partial charge in [0.1, 0.15) is 6.04 Å². The molecule has 1 atom stereocenters. The molecule has 0 bridgehead atoms. The maximum Gasteiger partial charge on any atom is 1.00 e. The number of rotatable bonds is 5. The van der Waals surface area contributed by atoms with Gasteiger partial charge in [-0.2, -0.15) is 0 Å². The third-order valence-electron chi connectivity index (χ3n) is 3.50. The Kier molecular flexibility index (Phi) is 11.1. The van der Waals surface area contributed by atoms with Crippen LogP contribution < -0.4 is 63.5 Å². The maximum absolute atomic E-state index is 11.6. The van der Waals surface area contributed by atoms with Gasteiger partial charge in [0.05, 0.1) is 0 Å². The molecule has 5 nitrogen and oxygen atoms in total. The Bertz CT molecular complexity index is 673. The van der Waals surface area contributed by atoms with Crippen LogP contribution >= 0.6 is 0 Å². The zero-order chi connectivity index (χ0) is 16.8. The minimum absolute atomic E-state index is 0. The molecule has 2 rings (SSSR count). The normalized spacial score (nSPS) is 10.6. The predicted molar refractivity (Wildman–Crippen MR) is 95.6 cm³/mol. The first-order chi connectivity index (χ1) is 11.0. The largest absolute Gasteiger partial charge is 1.00 e. The van der Waals surface area contributed by atoms with E-state index in [4.69, 9.17) is 0 Å². The molecule has 0 unspecified atom stereocenters. The number of carboxylic acids is 1. The van der Waals surface area contributed by atoms with Crippen LogP contribution in [-0.2, 0) is 11.2 Å². The molecule has 128 valence electrons. The van der Waals surface area contributed by atoms with Crippen LogP contribution in [0.5, 0.6) is 0 Å². The van der Waals surface area contributed by atoms with Gasteiger partial charge in [0.25, 0.3) is 0 Å². The van der Waals surface area contributed by atoms with Gasteiger partial charge in [-0.1, -0.05) is 54.6 Å². The van der Waals surface area contributed by atoms with Crippen LogP contribution in [0.2, 0.25) is 0 Å². The van der Waals surface area contributed by atoms with E-state index in [1.807, 2.05) is 54.6 Å². The van der Waals surface area contributed by atoms with Crippen LogP contribution in [0.3, 0.4) is 0 Å². The first-order valence-corrected chi connectivity index (χ1v) is 7.32. The molecule has 0 saturated heterocycles. The topological polar surface area (TPSA) is 69.6 Å². The molecule has 0 aromatic heterocycles. The Hall–Kier alpha value is -1.01. The molecular weight excluding hydrogens is 390 g/mol. The fourth-order valence-electron chi connectivity index (χ4n) is 2.18. The van der Waals surface area contributed by atoms with Crippen molar-refractivity contribution < 1.29 is 72.9 Å². The molecule has 0 spiro atoms. The van der Waals surface area contributed by atoms with Gasteiger partial charge >= 0.3 is 70.2 Å². The summed E-state index contributed by atoms with van der Waals surface area (Å²) >= 11 is 0. The summed E-state index contributed by atoms with van der Waals surface area (Å²) in [6.45, 7) is 0. The molecule has 0 heterocycles. The van der Waals surface area contributed by atoms with Crippen LogP contribution in [0.15, 0.2) is 54.6 Å². The summed E-state index contributed by atoms with van der Waals surface area (Å²) in [6, 6.07) is 16.3. The quantitative estimate of drug-likeness (QED) is 0.683. The number of nitrogens with zero attached hydrogens (tertiary/aromatic N) is 1. The number of nitrogens with one attached hydrogen (secondary N) is 1. The Morgan fingerprint density at radius 3 is 2.00 bits per heavy atom. The molecular formula is C19H23N2O3Rb. The smallest absolute Gasteiger partial charge is 0.480 e. The molecule has 2 aromatic rings. The summed E-state index contributed by atoms with van der Waals surface area (Å²) in [6.07, 6.45) is 0.240. The molecule has 0 fully saturated rings. The average molecular weight is 413 g/mol. The van der Waals surface area contributed by atoms with E-state index in [1.165, 1.54) is 4.90 Å². The Labute approximate surface area is 198 Å². The van der Waals surface area contributed by atoms with Crippen molar-refractivity contribution in [1.29, 1.82) is 0 Å². The molecule has 0 aliphatic carbocycles. The van der Waals surface area contributed by atoms with Gasteiger partial charge in [-0.25, -0.2) is 9.59 Å². The van der Waals surface area contributed by atoms with Crippen molar-refractivity contribution in [3.63, 3.8) is 0 Å². The van der Waals surface area contributed by atoms with Crippen molar-refractivity contribution in [3.05, 3.63) is 67.6 Å². The number of hydrogen-bond acceptors (Lipinski definition) is 2. The Morgan fingerprint density at radius 1 is 1.00 bits per heavy atom. The van der Waals surface area contributed by atoms with E-state index in [0.717, 1.165) is 16.7 Å². The first-order valence-electron chi connectivity index (χ1n) is 7.32. The van der Waals surface area contributed by atoms with Gasteiger partial charge in [-0.05, 0) is 16.7 Å². The van der Waals surface area contributed by atoms with Crippen LogP contribution in [0.25, 0.3) is 11.1 Å². The molecule has 0 saturated carbocycles. The number of carbonyl (C=O) groups is 2. The van der Waals surface area contributed by atoms with Gasteiger partial charge in [0.2, 0.25) is 0 Å². The summed E-state index contributed by atoms with van der Waals surface area (Å²) in [5.74, 6) is -1.05. The second-order valence-electron chi connectivity index (χ2n) is 5.50. The molecule has 25 heavy (non-hydrogen) atoms. The van der Waals surface area contributed by atoms with Crippen LogP contribution in [0, 0.1) is 7.43 Å². The average Bonchev–Trinajstić information content (AvgIpc) is 2.55. The standard InChI is InChI=1S/C18H20N2O3.CH3.Rb/c1-20(2)18(23)19-16(17(21)22)12-13-8-10-15(11-9-13)14-6-4-3-5-7-14;;/h3-11,16H,12H2,1-2H3,(H,19,23)(H,21,22);1H3;/q;-1;+1/t16-;;/m0../s1. The van der Waals surface area contributed by atoms with E-state index >= 15 is 0 Å². The summed E-state index contributed by atoms with van der Waals surface area (Å²) in [7, 11) is 3.14. The zero-order valence-electron chi connectivity index (χ0n) is 15.2. The van der Waals surface area contributed by atoms with Crippen molar-refractivity contribution in [1.82, 2.24) is 10.2 Å². The molecule has 2 aromatic carbocycles. The van der Waals surface area contributed by atoms with Crippen molar-refractivity contribution in [2.24, 2.45) is 0 Å². The number of aliphatic carboxylic acids is 1. The van der Waals surface area contributed by atoms with Gasteiger partial charge in [0, 0.05) is 20.5 Å². The van der Waals surface area contributed by atoms with Gasteiger partial charge < -0.3 is 22.7 Å². The predicted octanol–water partition coefficient (Wildman–Crippen LogP) is 0.0748. The zero-order valence-corrected chi connectivity index (χ0v) is 20.1. The molecule has 0 aliphatic rings. The van der Waals surface area contributed by atoms with E-state index in [0.29, 0.717) is 0 Å². The number of amides is 2. The van der Waals surface area contributed by atoms with E-state index < -0.39 is 18.0 Å². The SMILES string of the molecule is CN(C)C(=O)N[C@@H](Cc1ccc(-c2ccccc2)cc1)C(=O)O.[CH3-].[Rb+]. The van der Waals surface area contributed by atoms with E-state index in [2.05, 4.69) is 5.32 Å². The van der Waals surface area contributed by atoms with Crippen molar-refractivity contribution in [2.75, 3.05) is 14.1 Å². The summed E-state index contributed by atoms with van der Waals surface area (Å²) < 4.78 is 0. The van der Waals surface area contributed by atoms with E-state index in [1.54, 1.807) is 14.1 Å². The van der Waals surface area contributed by atoms with Crippen LogP contribution in [0.1, 0.15) is 5.56 Å². The molecule has 0 radical (unpaired) electrons. The minimum Gasteiger partial charge on any atom is -0.480 e. The number of hydrogen-bond donors (Lipinski definition) is 2. The summed E-state index contributed by atoms with van der Waals surface area (Å²) in [5, 5.41) is 11.8. The Balaban J connectivity index is 0.00000288. The summed E-state index contributed by atoms with van der Waals surface area (Å²) in [5.41, 5.74) is 3.03. The fourth-order valence-corrected chi connectivity index (χ4v) is 2.18. The third kappa shape index (κ3) is 7.40. The molecule has 2 amide bonds.